The molecule has 0 saturated carbocycles. The molecule has 0 aliphatic rings. The van der Waals surface area contributed by atoms with Gasteiger partial charge in [-0.1, -0.05) is 19.9 Å². The van der Waals surface area contributed by atoms with E-state index in [1.54, 1.807) is 0 Å². The second-order valence-electron chi connectivity index (χ2n) is 5.15. The van der Waals surface area contributed by atoms with Crippen molar-refractivity contribution < 1.29 is 14.2 Å². The summed E-state index contributed by atoms with van der Waals surface area (Å²) in [5.41, 5.74) is 1.20. The average Bonchev–Trinajstić information content (AvgIpc) is 2.47. The molecule has 4 heteroatoms. The molecule has 21 heavy (non-hydrogen) atoms. The predicted molar refractivity (Wildman–Crippen MR) is 86.2 cm³/mol. The van der Waals surface area contributed by atoms with Crippen molar-refractivity contribution in [1.29, 1.82) is 0 Å². The highest BCUT2D eigenvalue weighted by Crippen LogP contribution is 2.28. The maximum atomic E-state index is 5.79. The molecular formula is C17H29NO3. The molecule has 120 valence electrons. The van der Waals surface area contributed by atoms with Crippen molar-refractivity contribution in [2.24, 2.45) is 0 Å². The molecule has 0 amide bonds. The highest BCUT2D eigenvalue weighted by atomic mass is 16.5. The largest absolute Gasteiger partial charge is 0.490 e. The van der Waals surface area contributed by atoms with E-state index in [1.165, 1.54) is 5.56 Å². The van der Waals surface area contributed by atoms with E-state index in [4.69, 9.17) is 14.2 Å². The zero-order valence-electron chi connectivity index (χ0n) is 13.8. The maximum Gasteiger partial charge on any atom is 0.161 e. The van der Waals surface area contributed by atoms with Gasteiger partial charge in [-0.3, -0.25) is 0 Å². The minimum absolute atomic E-state index is 0.468. The van der Waals surface area contributed by atoms with Crippen molar-refractivity contribution in [2.45, 2.75) is 46.7 Å². The zero-order chi connectivity index (χ0) is 15.5. The SMILES string of the molecule is CCOCCCOc1ccc(CNC(C)C)cc1OCC. The first kappa shape index (κ1) is 17.8. The number of rotatable bonds is 11. The van der Waals surface area contributed by atoms with Crippen LogP contribution in [0, 0.1) is 0 Å². The smallest absolute Gasteiger partial charge is 0.161 e. The van der Waals surface area contributed by atoms with Gasteiger partial charge >= 0.3 is 0 Å². The van der Waals surface area contributed by atoms with Gasteiger partial charge in [-0.25, -0.2) is 0 Å². The second kappa shape index (κ2) is 10.5. The minimum Gasteiger partial charge on any atom is -0.490 e. The first-order valence-electron chi connectivity index (χ1n) is 7.87. The second-order valence-corrected chi connectivity index (χ2v) is 5.15. The van der Waals surface area contributed by atoms with E-state index < -0.39 is 0 Å². The van der Waals surface area contributed by atoms with E-state index in [0.717, 1.165) is 37.7 Å². The molecule has 0 spiro atoms. The molecule has 0 aliphatic heterocycles. The third kappa shape index (κ3) is 7.34. The summed E-state index contributed by atoms with van der Waals surface area (Å²) >= 11 is 0. The fourth-order valence-electron chi connectivity index (χ4n) is 1.86. The van der Waals surface area contributed by atoms with Crippen molar-refractivity contribution in [1.82, 2.24) is 5.32 Å². The van der Waals surface area contributed by atoms with Gasteiger partial charge < -0.3 is 19.5 Å². The molecule has 0 aromatic heterocycles. The van der Waals surface area contributed by atoms with Crippen molar-refractivity contribution in [3.8, 4) is 11.5 Å². The molecule has 1 rings (SSSR count). The average molecular weight is 295 g/mol. The summed E-state index contributed by atoms with van der Waals surface area (Å²) in [5, 5.41) is 3.40. The molecule has 1 aromatic carbocycles. The van der Waals surface area contributed by atoms with E-state index in [2.05, 4.69) is 31.3 Å². The summed E-state index contributed by atoms with van der Waals surface area (Å²) < 4.78 is 16.8. The third-order valence-corrected chi connectivity index (χ3v) is 2.92. The first-order chi connectivity index (χ1) is 10.2. The number of hydrogen-bond donors (Lipinski definition) is 1. The van der Waals surface area contributed by atoms with Gasteiger partial charge in [0.05, 0.1) is 13.2 Å². The summed E-state index contributed by atoms with van der Waals surface area (Å²) in [5.74, 6) is 1.62. The van der Waals surface area contributed by atoms with Crippen molar-refractivity contribution in [2.75, 3.05) is 26.4 Å². The Morgan fingerprint density at radius 1 is 1.00 bits per heavy atom. The molecule has 0 fully saturated rings. The van der Waals surface area contributed by atoms with Gasteiger partial charge in [0.25, 0.3) is 0 Å². The number of ether oxygens (including phenoxy) is 3. The normalized spacial score (nSPS) is 10.9. The molecule has 1 aromatic rings. The lowest BCUT2D eigenvalue weighted by Crippen LogP contribution is -2.21. The third-order valence-electron chi connectivity index (χ3n) is 2.92. The first-order valence-corrected chi connectivity index (χ1v) is 7.87. The van der Waals surface area contributed by atoms with Crippen LogP contribution in [-0.2, 0) is 11.3 Å². The van der Waals surface area contributed by atoms with Crippen LogP contribution in [0.5, 0.6) is 11.5 Å². The summed E-state index contributed by atoms with van der Waals surface area (Å²) in [6.45, 7) is 11.9. The van der Waals surface area contributed by atoms with Gasteiger partial charge in [0.15, 0.2) is 11.5 Å². The molecule has 4 nitrogen and oxygen atoms in total. The van der Waals surface area contributed by atoms with Gasteiger partial charge in [-0.2, -0.15) is 0 Å². The molecule has 1 N–H and O–H groups in total. The van der Waals surface area contributed by atoms with E-state index in [-0.39, 0.29) is 0 Å². The number of hydrogen-bond acceptors (Lipinski definition) is 4. The Morgan fingerprint density at radius 3 is 2.48 bits per heavy atom. The predicted octanol–water partition coefficient (Wildman–Crippen LogP) is 3.39. The van der Waals surface area contributed by atoms with Gasteiger partial charge in [-0.05, 0) is 31.5 Å². The van der Waals surface area contributed by atoms with Crippen LogP contribution in [-0.4, -0.2) is 32.5 Å². The van der Waals surface area contributed by atoms with Crippen LogP contribution in [0.15, 0.2) is 18.2 Å². The van der Waals surface area contributed by atoms with E-state index in [9.17, 15) is 0 Å². The Balaban J connectivity index is 2.56. The quantitative estimate of drug-likeness (QED) is 0.635. The minimum atomic E-state index is 0.468. The molecule has 0 heterocycles. The maximum absolute atomic E-state index is 5.79. The molecular weight excluding hydrogens is 266 g/mol. The molecule has 0 bridgehead atoms. The molecule has 0 radical (unpaired) electrons. The lowest BCUT2D eigenvalue weighted by molar-refractivity contribution is 0.130. The fourth-order valence-corrected chi connectivity index (χ4v) is 1.86. The molecule has 0 atom stereocenters. The van der Waals surface area contributed by atoms with Crippen LogP contribution < -0.4 is 14.8 Å². The summed E-state index contributed by atoms with van der Waals surface area (Å²) in [6.07, 6.45) is 0.885. The molecule has 0 aliphatic carbocycles. The van der Waals surface area contributed by atoms with Crippen molar-refractivity contribution in [3.05, 3.63) is 23.8 Å². The van der Waals surface area contributed by atoms with Gasteiger partial charge in [-0.15, -0.1) is 0 Å². The Bertz CT molecular complexity index is 394. The van der Waals surface area contributed by atoms with E-state index >= 15 is 0 Å². The van der Waals surface area contributed by atoms with Crippen LogP contribution >= 0.6 is 0 Å². The Labute approximate surface area is 128 Å². The number of benzene rings is 1. The van der Waals surface area contributed by atoms with Crippen molar-refractivity contribution >= 4 is 0 Å². The van der Waals surface area contributed by atoms with Gasteiger partial charge in [0.1, 0.15) is 0 Å². The van der Waals surface area contributed by atoms with Crippen LogP contribution in [0.1, 0.15) is 39.7 Å². The lowest BCUT2D eigenvalue weighted by atomic mass is 10.2. The Kier molecular flexibility index (Phi) is 8.87. The zero-order valence-corrected chi connectivity index (χ0v) is 13.8. The van der Waals surface area contributed by atoms with Crippen LogP contribution in [0.25, 0.3) is 0 Å². The van der Waals surface area contributed by atoms with Crippen LogP contribution in [0.4, 0.5) is 0 Å². The number of nitrogens with one attached hydrogen (secondary N) is 1. The molecule has 0 saturated heterocycles. The Hall–Kier alpha value is -1.26. The van der Waals surface area contributed by atoms with Crippen molar-refractivity contribution in [3.63, 3.8) is 0 Å². The topological polar surface area (TPSA) is 39.7 Å². The monoisotopic (exact) mass is 295 g/mol. The fraction of sp³-hybridized carbons (Fsp3) is 0.647. The van der Waals surface area contributed by atoms with Gasteiger partial charge in [0, 0.05) is 32.2 Å². The van der Waals surface area contributed by atoms with E-state index in [1.807, 2.05) is 19.9 Å². The summed E-state index contributed by atoms with van der Waals surface area (Å²) in [4.78, 5) is 0. The lowest BCUT2D eigenvalue weighted by Gasteiger charge is -2.14. The summed E-state index contributed by atoms with van der Waals surface area (Å²) in [7, 11) is 0. The van der Waals surface area contributed by atoms with Crippen LogP contribution in [0.2, 0.25) is 0 Å². The van der Waals surface area contributed by atoms with Crippen LogP contribution in [0.3, 0.4) is 0 Å². The molecule has 0 unspecified atom stereocenters. The van der Waals surface area contributed by atoms with E-state index in [0.29, 0.717) is 19.3 Å². The summed E-state index contributed by atoms with van der Waals surface area (Å²) in [6, 6.07) is 6.59. The highest BCUT2D eigenvalue weighted by Gasteiger charge is 2.07. The standard InChI is InChI=1S/C17H29NO3/c1-5-19-10-7-11-21-16-9-8-15(13-18-14(3)4)12-17(16)20-6-2/h8-9,12,14,18H,5-7,10-11,13H2,1-4H3. The Morgan fingerprint density at radius 2 is 1.81 bits per heavy atom. The van der Waals surface area contributed by atoms with Gasteiger partial charge in [0.2, 0.25) is 0 Å². The highest BCUT2D eigenvalue weighted by molar-refractivity contribution is 5.43.